The minimum Gasteiger partial charge on any atom is -0.394 e. The minimum absolute atomic E-state index is 0.101. The summed E-state index contributed by atoms with van der Waals surface area (Å²) in [5, 5.41) is 39.2. The number of hydrogen-bond acceptors (Lipinski definition) is 9. The van der Waals surface area contributed by atoms with E-state index in [2.05, 4.69) is 15.0 Å². The molecule has 1 saturated heterocycles. The topological polar surface area (TPSA) is 160 Å². The lowest BCUT2D eigenvalue weighted by molar-refractivity contribution is -0.287. The van der Waals surface area contributed by atoms with E-state index in [0.29, 0.717) is 0 Å². The molecule has 3 heterocycles. The summed E-state index contributed by atoms with van der Waals surface area (Å²) in [7, 11) is 0. The number of aliphatic hydroxyl groups excluding tert-OH is 3. The molecule has 3 rings (SSSR count). The maximum Gasteiger partial charge on any atom is 0.286 e. The van der Waals surface area contributed by atoms with Gasteiger partial charge in [0.15, 0.2) is 17.6 Å². The molecule has 0 aromatic carbocycles. The maximum atomic E-state index is 10.5. The van der Waals surface area contributed by atoms with E-state index in [1.54, 1.807) is 0 Å². The van der Waals surface area contributed by atoms with Crippen LogP contribution in [-0.2, 0) is 10.6 Å². The lowest BCUT2D eigenvalue weighted by Gasteiger charge is -2.27. The van der Waals surface area contributed by atoms with Gasteiger partial charge in [0.2, 0.25) is 0 Å². The largest absolute Gasteiger partial charge is 0.394 e. The highest BCUT2D eigenvalue weighted by molar-refractivity contribution is 5.81. The van der Waals surface area contributed by atoms with E-state index < -0.39 is 30.8 Å². The van der Waals surface area contributed by atoms with Gasteiger partial charge in [-0.2, -0.15) is 0 Å². The second-order valence-electron chi connectivity index (χ2n) is 4.48. The Balaban J connectivity index is 2.13. The molecule has 0 saturated carbocycles. The molecule has 1 aliphatic heterocycles. The molecule has 0 bridgehead atoms. The van der Waals surface area contributed by atoms with Crippen LogP contribution < -0.4 is 5.73 Å². The number of aromatic nitrogens is 4. The van der Waals surface area contributed by atoms with E-state index in [9.17, 15) is 15.3 Å². The first-order chi connectivity index (χ1) is 9.49. The van der Waals surface area contributed by atoms with Crippen molar-refractivity contribution >= 4 is 17.0 Å². The van der Waals surface area contributed by atoms with Gasteiger partial charge in [-0.1, -0.05) is 0 Å². The van der Waals surface area contributed by atoms with Crippen LogP contribution in [0.3, 0.4) is 0 Å². The average Bonchev–Trinajstić information content (AvgIpc) is 2.96. The molecule has 0 spiro atoms. The summed E-state index contributed by atoms with van der Waals surface area (Å²) in [5.41, 5.74) is 5.98. The zero-order chi connectivity index (χ0) is 14.5. The van der Waals surface area contributed by atoms with Gasteiger partial charge in [0.1, 0.15) is 30.4 Å². The number of nitrogens with two attached hydrogens (primary N) is 1. The number of imidazole rings is 1. The van der Waals surface area contributed by atoms with E-state index in [4.69, 9.17) is 15.6 Å². The Morgan fingerprint density at radius 2 is 2.10 bits per heavy atom. The molecule has 4 atom stereocenters. The lowest BCUT2D eigenvalue weighted by atomic mass is 10.1. The quantitative estimate of drug-likeness (QED) is 0.390. The van der Waals surface area contributed by atoms with Crippen molar-refractivity contribution in [1.29, 1.82) is 0 Å². The Hall–Kier alpha value is -1.85. The number of nitrogens with zero attached hydrogens (tertiary/aromatic N) is 4. The molecule has 0 amide bonds. The van der Waals surface area contributed by atoms with Crippen LogP contribution in [0.25, 0.3) is 11.2 Å². The van der Waals surface area contributed by atoms with Gasteiger partial charge in [-0.3, -0.25) is 4.57 Å². The van der Waals surface area contributed by atoms with E-state index >= 15 is 0 Å². The zero-order valence-electron chi connectivity index (χ0n) is 10.2. The third kappa shape index (κ3) is 1.60. The summed E-state index contributed by atoms with van der Waals surface area (Å²) in [4.78, 5) is 11.6. The third-order valence-corrected chi connectivity index (χ3v) is 3.30. The number of anilines is 1. The molecule has 10 nitrogen and oxygen atoms in total. The second-order valence-corrected chi connectivity index (χ2v) is 4.48. The summed E-state index contributed by atoms with van der Waals surface area (Å²) in [5.74, 6) is -2.20. The first-order valence-electron chi connectivity index (χ1n) is 5.80. The van der Waals surface area contributed by atoms with Crippen LogP contribution in [0.4, 0.5) is 5.82 Å². The van der Waals surface area contributed by atoms with Crippen molar-refractivity contribution in [2.75, 3.05) is 12.3 Å². The highest BCUT2D eigenvalue weighted by Gasteiger charge is 2.55. The SMILES string of the molecule is Nc1ncnc2c1ncn2C1(O)O[C@H](CO)[C@@H](O)[C@H]1O. The highest BCUT2D eigenvalue weighted by atomic mass is 16.7. The molecule has 10 heteroatoms. The van der Waals surface area contributed by atoms with Crippen molar-refractivity contribution < 1.29 is 25.2 Å². The van der Waals surface area contributed by atoms with Crippen molar-refractivity contribution in [3.63, 3.8) is 0 Å². The Bertz CT molecular complexity index is 648. The summed E-state index contributed by atoms with van der Waals surface area (Å²) < 4.78 is 6.17. The fraction of sp³-hybridized carbons (Fsp3) is 0.500. The van der Waals surface area contributed by atoms with Crippen LogP contribution in [0.15, 0.2) is 12.7 Å². The van der Waals surface area contributed by atoms with Gasteiger partial charge in [0.05, 0.1) is 6.61 Å². The molecular weight excluding hydrogens is 270 g/mol. The molecule has 0 aliphatic carbocycles. The molecule has 108 valence electrons. The van der Waals surface area contributed by atoms with Gasteiger partial charge in [0.25, 0.3) is 5.91 Å². The monoisotopic (exact) mass is 283 g/mol. The van der Waals surface area contributed by atoms with Crippen LogP contribution in [0.2, 0.25) is 0 Å². The molecule has 2 aromatic heterocycles. The van der Waals surface area contributed by atoms with Gasteiger partial charge in [-0.25, -0.2) is 15.0 Å². The van der Waals surface area contributed by atoms with Gasteiger partial charge < -0.3 is 30.9 Å². The van der Waals surface area contributed by atoms with Crippen molar-refractivity contribution in [2.45, 2.75) is 24.2 Å². The Kier molecular flexibility index (Phi) is 2.84. The summed E-state index contributed by atoms with van der Waals surface area (Å²) >= 11 is 0. The van der Waals surface area contributed by atoms with Crippen molar-refractivity contribution in [2.24, 2.45) is 0 Å². The smallest absolute Gasteiger partial charge is 0.286 e. The predicted octanol–water partition coefficient (Wildman–Crippen LogP) is -2.88. The van der Waals surface area contributed by atoms with E-state index in [0.717, 1.165) is 10.9 Å². The van der Waals surface area contributed by atoms with Crippen molar-refractivity contribution in [1.82, 2.24) is 19.5 Å². The predicted molar refractivity (Wildman–Crippen MR) is 63.9 cm³/mol. The van der Waals surface area contributed by atoms with Crippen molar-refractivity contribution in [3.05, 3.63) is 12.7 Å². The molecule has 1 aliphatic rings. The van der Waals surface area contributed by atoms with Gasteiger partial charge in [0, 0.05) is 0 Å². The first kappa shape index (κ1) is 13.1. The van der Waals surface area contributed by atoms with E-state index in [1.165, 1.54) is 6.33 Å². The number of rotatable bonds is 2. The minimum atomic E-state index is -2.30. The van der Waals surface area contributed by atoms with Gasteiger partial charge >= 0.3 is 0 Å². The summed E-state index contributed by atoms with van der Waals surface area (Å²) in [6.45, 7) is -0.565. The third-order valence-electron chi connectivity index (χ3n) is 3.30. The number of nitrogen functional groups attached to an aromatic ring is 1. The Morgan fingerprint density at radius 3 is 2.75 bits per heavy atom. The molecule has 6 N–H and O–H groups in total. The van der Waals surface area contributed by atoms with Crippen LogP contribution in [0.5, 0.6) is 0 Å². The highest BCUT2D eigenvalue weighted by Crippen LogP contribution is 2.35. The fourth-order valence-electron chi connectivity index (χ4n) is 2.22. The van der Waals surface area contributed by atoms with Crippen LogP contribution in [-0.4, -0.2) is 64.9 Å². The first-order valence-corrected chi connectivity index (χ1v) is 5.80. The summed E-state index contributed by atoms with van der Waals surface area (Å²) in [6, 6.07) is 0. The normalized spacial score (nSPS) is 33.9. The van der Waals surface area contributed by atoms with Gasteiger partial charge in [-0.15, -0.1) is 0 Å². The lowest BCUT2D eigenvalue weighted by Crippen LogP contribution is -2.45. The number of ether oxygens (including phenoxy) is 1. The molecule has 0 radical (unpaired) electrons. The standard InChI is InChI=1S/C10H13N5O5/c11-8-5-9(13-2-12-8)15(3-14-5)10(19)7(18)6(17)4(1-16)20-10/h2-4,6-7,16-19H,1H2,(H2,11,12,13)/t4-,6-,7-,10?/m1/s1. The maximum absolute atomic E-state index is 10.5. The van der Waals surface area contributed by atoms with Crippen LogP contribution in [0.1, 0.15) is 0 Å². The van der Waals surface area contributed by atoms with Gasteiger partial charge in [-0.05, 0) is 0 Å². The van der Waals surface area contributed by atoms with Crippen molar-refractivity contribution in [3.8, 4) is 0 Å². The fourth-order valence-corrected chi connectivity index (χ4v) is 2.22. The Morgan fingerprint density at radius 1 is 1.35 bits per heavy atom. The molecule has 2 aromatic rings. The molecule has 1 unspecified atom stereocenters. The molecule has 1 fully saturated rings. The zero-order valence-corrected chi connectivity index (χ0v) is 10.2. The van der Waals surface area contributed by atoms with E-state index in [1.807, 2.05) is 0 Å². The van der Waals surface area contributed by atoms with Crippen LogP contribution in [0, 0.1) is 0 Å². The van der Waals surface area contributed by atoms with Crippen LogP contribution >= 0.6 is 0 Å². The number of fused-ring (bicyclic) bond motifs is 1. The molecule has 20 heavy (non-hydrogen) atoms. The molecular formula is C10H13N5O5. The Labute approximate surface area is 112 Å². The number of aliphatic hydroxyl groups is 4. The number of hydrogen-bond donors (Lipinski definition) is 5. The summed E-state index contributed by atoms with van der Waals surface area (Å²) in [6.07, 6.45) is -1.95. The van der Waals surface area contributed by atoms with E-state index in [-0.39, 0.29) is 17.0 Å². The average molecular weight is 283 g/mol. The second kappa shape index (κ2) is 4.33.